The van der Waals surface area contributed by atoms with Gasteiger partial charge in [0.2, 0.25) is 0 Å². The van der Waals surface area contributed by atoms with Crippen molar-refractivity contribution >= 4 is 43.1 Å². The molecule has 2 aliphatic heterocycles. The number of carboxylic acid groups (broad SMARTS) is 1. The summed E-state index contributed by atoms with van der Waals surface area (Å²) in [5, 5.41) is 12.0. The molecule has 1 saturated heterocycles. The Labute approximate surface area is 237 Å². The molecule has 41 heavy (non-hydrogen) atoms. The van der Waals surface area contributed by atoms with E-state index >= 15 is 0 Å². The van der Waals surface area contributed by atoms with Crippen molar-refractivity contribution in [3.05, 3.63) is 89.2 Å². The van der Waals surface area contributed by atoms with Crippen LogP contribution in [0, 0.1) is 11.7 Å². The van der Waals surface area contributed by atoms with Gasteiger partial charge in [-0.2, -0.15) is 0 Å². The van der Waals surface area contributed by atoms with Gasteiger partial charge in [0.15, 0.2) is 0 Å². The molecule has 0 radical (unpaired) electrons. The standard InChI is InChI=1S/C29H27FN2O7S2/c30-21-7-9-23(10-8-21)41(38,39)32-25-11-6-19(27(33)31-22-3-1-2-20(16-22)28(34)35)17-24(25)29(26(32)18-4-5-18)12-14-40(36,37)15-13-29/h1-3,6-11,16-18,26H,4-5,12-15H2,(H,31,33)(H,34,35). The highest BCUT2D eigenvalue weighted by molar-refractivity contribution is 7.93. The van der Waals surface area contributed by atoms with Crippen LogP contribution in [0.2, 0.25) is 0 Å². The maximum atomic E-state index is 14.1. The first-order valence-corrected chi connectivity index (χ1v) is 16.5. The second-order valence-electron chi connectivity index (χ2n) is 10.9. The number of sulfone groups is 1. The van der Waals surface area contributed by atoms with Gasteiger partial charge in [-0.3, -0.25) is 9.10 Å². The van der Waals surface area contributed by atoms with E-state index in [4.69, 9.17) is 0 Å². The lowest BCUT2D eigenvalue weighted by molar-refractivity contribution is 0.0696. The Balaban J connectivity index is 1.46. The Morgan fingerprint density at radius 1 is 0.951 bits per heavy atom. The monoisotopic (exact) mass is 598 g/mol. The number of nitrogens with one attached hydrogen (secondary N) is 1. The summed E-state index contributed by atoms with van der Waals surface area (Å²) in [4.78, 5) is 24.6. The first kappa shape index (κ1) is 27.4. The summed E-state index contributed by atoms with van der Waals surface area (Å²) in [5.74, 6) is -2.41. The number of carboxylic acids is 1. The smallest absolute Gasteiger partial charge is 0.335 e. The molecule has 1 spiro atoms. The van der Waals surface area contributed by atoms with Gasteiger partial charge in [0.25, 0.3) is 15.9 Å². The fourth-order valence-electron chi connectivity index (χ4n) is 6.26. The Morgan fingerprint density at radius 3 is 2.27 bits per heavy atom. The van der Waals surface area contributed by atoms with Crippen LogP contribution < -0.4 is 9.62 Å². The first-order valence-electron chi connectivity index (χ1n) is 13.2. The van der Waals surface area contributed by atoms with Crippen LogP contribution in [0.15, 0.2) is 71.6 Å². The van der Waals surface area contributed by atoms with Gasteiger partial charge in [0.05, 0.1) is 33.7 Å². The predicted molar refractivity (Wildman–Crippen MR) is 150 cm³/mol. The molecule has 1 saturated carbocycles. The molecule has 3 aliphatic rings. The molecule has 0 bridgehead atoms. The number of anilines is 2. The first-order chi connectivity index (χ1) is 19.4. The largest absolute Gasteiger partial charge is 0.478 e. The average molecular weight is 599 g/mol. The van der Waals surface area contributed by atoms with Gasteiger partial charge in [-0.15, -0.1) is 0 Å². The summed E-state index contributed by atoms with van der Waals surface area (Å²) in [6, 6.07) is 14.6. The number of rotatable bonds is 6. The van der Waals surface area contributed by atoms with Crippen molar-refractivity contribution in [2.45, 2.75) is 42.0 Å². The Hall–Kier alpha value is -3.77. The maximum Gasteiger partial charge on any atom is 0.335 e. The van der Waals surface area contributed by atoms with Crippen LogP contribution in [-0.2, 0) is 25.3 Å². The molecule has 1 unspecified atom stereocenters. The molecule has 1 atom stereocenters. The van der Waals surface area contributed by atoms with Crippen LogP contribution >= 0.6 is 0 Å². The number of sulfonamides is 1. The number of hydrogen-bond acceptors (Lipinski definition) is 6. The third-order valence-electron chi connectivity index (χ3n) is 8.38. The van der Waals surface area contributed by atoms with Crippen LogP contribution in [0.3, 0.4) is 0 Å². The molecule has 6 rings (SSSR count). The zero-order chi connectivity index (χ0) is 29.2. The van der Waals surface area contributed by atoms with E-state index in [9.17, 15) is 35.9 Å². The van der Waals surface area contributed by atoms with Crippen molar-refractivity contribution in [3.63, 3.8) is 0 Å². The molecule has 2 N–H and O–H groups in total. The Bertz CT molecular complexity index is 1770. The molecule has 12 heteroatoms. The van der Waals surface area contributed by atoms with Crippen molar-refractivity contribution in [1.29, 1.82) is 0 Å². The van der Waals surface area contributed by atoms with Crippen molar-refractivity contribution in [2.24, 2.45) is 5.92 Å². The van der Waals surface area contributed by atoms with E-state index in [1.807, 2.05) is 0 Å². The second-order valence-corrected chi connectivity index (χ2v) is 15.0. The molecular formula is C29H27FN2O7S2. The average Bonchev–Trinajstić information content (AvgIpc) is 3.73. The molecule has 2 fully saturated rings. The van der Waals surface area contributed by atoms with Crippen molar-refractivity contribution in [1.82, 2.24) is 0 Å². The third-order valence-corrected chi connectivity index (χ3v) is 11.8. The number of benzene rings is 3. The number of amides is 1. The van der Waals surface area contributed by atoms with Gasteiger partial charge in [-0.25, -0.2) is 26.0 Å². The van der Waals surface area contributed by atoms with Gasteiger partial charge in [-0.05, 0) is 97.8 Å². The van der Waals surface area contributed by atoms with Crippen LogP contribution in [0.5, 0.6) is 0 Å². The molecule has 3 aromatic carbocycles. The van der Waals surface area contributed by atoms with Crippen LogP contribution in [0.1, 0.15) is 52.0 Å². The Kier molecular flexibility index (Phi) is 6.46. The summed E-state index contributed by atoms with van der Waals surface area (Å²) in [6.45, 7) is 0. The normalized spacial score (nSPS) is 20.9. The number of fused-ring (bicyclic) bond motifs is 2. The van der Waals surface area contributed by atoms with Gasteiger partial charge in [0, 0.05) is 16.7 Å². The fraction of sp³-hybridized carbons (Fsp3) is 0.310. The SMILES string of the molecule is O=C(O)c1cccc(NC(=O)c2ccc3c(c2)C2(CCS(=O)(=O)CC2)C(C2CC2)N3S(=O)(=O)c2ccc(F)cc2)c1. The van der Waals surface area contributed by atoms with Gasteiger partial charge < -0.3 is 10.4 Å². The number of aromatic carboxylic acids is 1. The molecule has 9 nitrogen and oxygen atoms in total. The van der Waals surface area contributed by atoms with E-state index < -0.39 is 49.0 Å². The fourth-order valence-corrected chi connectivity index (χ4v) is 9.61. The van der Waals surface area contributed by atoms with E-state index in [-0.39, 0.29) is 52.0 Å². The summed E-state index contributed by atoms with van der Waals surface area (Å²) >= 11 is 0. The van der Waals surface area contributed by atoms with Crippen molar-refractivity contribution in [2.75, 3.05) is 21.1 Å². The van der Waals surface area contributed by atoms with Crippen LogP contribution in [0.4, 0.5) is 15.8 Å². The Morgan fingerprint density at radius 2 is 1.63 bits per heavy atom. The minimum absolute atomic E-state index is 0.00744. The van der Waals surface area contributed by atoms with E-state index in [0.29, 0.717) is 11.3 Å². The number of halogens is 1. The van der Waals surface area contributed by atoms with Crippen LogP contribution in [0.25, 0.3) is 0 Å². The zero-order valence-corrected chi connectivity index (χ0v) is 23.4. The molecule has 2 heterocycles. The summed E-state index contributed by atoms with van der Waals surface area (Å²) in [5.41, 5.74) is 0.678. The quantitative estimate of drug-likeness (QED) is 0.434. The predicted octanol–water partition coefficient (Wildman–Crippen LogP) is 4.21. The molecule has 3 aromatic rings. The minimum Gasteiger partial charge on any atom is -0.478 e. The summed E-state index contributed by atoms with van der Waals surface area (Å²) in [6.07, 6.45) is 2.00. The summed E-state index contributed by atoms with van der Waals surface area (Å²) < 4.78 is 68.3. The molecule has 0 aromatic heterocycles. The van der Waals surface area contributed by atoms with Crippen LogP contribution in [-0.4, -0.2) is 51.4 Å². The lowest BCUT2D eigenvalue weighted by Crippen LogP contribution is -2.52. The number of nitrogens with zero attached hydrogens (tertiary/aromatic N) is 1. The highest BCUT2D eigenvalue weighted by Crippen LogP contribution is 2.59. The van der Waals surface area contributed by atoms with Gasteiger partial charge in [-0.1, -0.05) is 6.07 Å². The van der Waals surface area contributed by atoms with Crippen molar-refractivity contribution < 1.29 is 35.9 Å². The molecule has 1 aliphatic carbocycles. The second kappa shape index (κ2) is 9.66. The topological polar surface area (TPSA) is 138 Å². The summed E-state index contributed by atoms with van der Waals surface area (Å²) in [7, 11) is -7.46. The molecule has 214 valence electrons. The van der Waals surface area contributed by atoms with E-state index in [0.717, 1.165) is 25.0 Å². The zero-order valence-electron chi connectivity index (χ0n) is 21.8. The maximum absolute atomic E-state index is 14.1. The van der Waals surface area contributed by atoms with Crippen molar-refractivity contribution in [3.8, 4) is 0 Å². The highest BCUT2D eigenvalue weighted by atomic mass is 32.2. The number of carbonyl (C=O) groups excluding carboxylic acids is 1. The van der Waals surface area contributed by atoms with Gasteiger partial charge >= 0.3 is 5.97 Å². The minimum atomic E-state index is -4.16. The molecule has 1 amide bonds. The molecular weight excluding hydrogens is 571 g/mol. The highest BCUT2D eigenvalue weighted by Gasteiger charge is 2.60. The lowest BCUT2D eigenvalue weighted by atomic mass is 9.70. The lowest BCUT2D eigenvalue weighted by Gasteiger charge is -2.41. The number of hydrogen-bond donors (Lipinski definition) is 2. The van der Waals surface area contributed by atoms with Gasteiger partial charge in [0.1, 0.15) is 15.7 Å². The third kappa shape index (κ3) is 4.78. The van der Waals surface area contributed by atoms with E-state index in [1.54, 1.807) is 18.2 Å². The van der Waals surface area contributed by atoms with E-state index in [1.165, 1.54) is 40.7 Å². The van der Waals surface area contributed by atoms with E-state index in [2.05, 4.69) is 5.32 Å². The number of carbonyl (C=O) groups is 2.